The molecule has 0 atom stereocenters. The highest BCUT2D eigenvalue weighted by Crippen LogP contribution is 2.32. The first-order chi connectivity index (χ1) is 7.70. The second-order valence-electron chi connectivity index (χ2n) is 3.01. The Morgan fingerprint density at radius 3 is 2.94 bits per heavy atom. The zero-order chi connectivity index (χ0) is 11.5. The smallest absolute Gasteiger partial charge is 0.223 e. The normalized spacial score (nSPS) is 10.1. The average Bonchev–Trinajstić information content (AvgIpc) is 2.83. The Balaban J connectivity index is 2.41. The van der Waals surface area contributed by atoms with Crippen molar-refractivity contribution < 1.29 is 9.59 Å². The van der Waals surface area contributed by atoms with E-state index >= 15 is 0 Å². The Hall–Kier alpha value is -1.53. The van der Waals surface area contributed by atoms with Gasteiger partial charge in [-0.1, -0.05) is 17.4 Å². The van der Waals surface area contributed by atoms with Crippen molar-refractivity contribution in [1.29, 1.82) is 0 Å². The lowest BCUT2D eigenvalue weighted by molar-refractivity contribution is -0.114. The number of rotatable bonds is 3. The van der Waals surface area contributed by atoms with Gasteiger partial charge in [-0.3, -0.25) is 9.59 Å². The SMILES string of the molecule is CC(=O)Nc1nc(-c2cccs2)c(C=O)s1. The minimum atomic E-state index is -0.191. The number of hydrogen-bond acceptors (Lipinski definition) is 5. The third-order valence-corrected chi connectivity index (χ3v) is 3.57. The van der Waals surface area contributed by atoms with Crippen LogP contribution >= 0.6 is 22.7 Å². The number of aromatic nitrogens is 1. The van der Waals surface area contributed by atoms with Crippen molar-refractivity contribution in [3.63, 3.8) is 0 Å². The minimum absolute atomic E-state index is 0.191. The summed E-state index contributed by atoms with van der Waals surface area (Å²) in [6, 6.07) is 3.79. The van der Waals surface area contributed by atoms with Gasteiger partial charge in [-0.15, -0.1) is 11.3 Å². The molecule has 0 saturated heterocycles. The summed E-state index contributed by atoms with van der Waals surface area (Å²) < 4.78 is 0. The number of hydrogen-bond donors (Lipinski definition) is 1. The average molecular weight is 252 g/mol. The van der Waals surface area contributed by atoms with E-state index in [1.54, 1.807) is 0 Å². The molecule has 2 aromatic rings. The molecule has 82 valence electrons. The minimum Gasteiger partial charge on any atom is -0.302 e. The van der Waals surface area contributed by atoms with Crippen LogP contribution < -0.4 is 5.32 Å². The van der Waals surface area contributed by atoms with Gasteiger partial charge in [-0.2, -0.15) is 0 Å². The molecule has 0 spiro atoms. The molecule has 2 aromatic heterocycles. The van der Waals surface area contributed by atoms with E-state index in [-0.39, 0.29) is 5.91 Å². The molecule has 4 nitrogen and oxygen atoms in total. The monoisotopic (exact) mass is 252 g/mol. The van der Waals surface area contributed by atoms with Crippen LogP contribution in [0, 0.1) is 0 Å². The number of thiophene rings is 1. The van der Waals surface area contributed by atoms with Crippen LogP contribution in [0.1, 0.15) is 16.6 Å². The highest BCUT2D eigenvalue weighted by atomic mass is 32.1. The first-order valence-corrected chi connectivity index (χ1v) is 6.18. The number of amides is 1. The van der Waals surface area contributed by atoms with Gasteiger partial charge >= 0.3 is 0 Å². The Labute approximate surface area is 100.0 Å². The molecule has 2 rings (SSSR count). The fourth-order valence-corrected chi connectivity index (χ4v) is 2.84. The maximum atomic E-state index is 10.9. The Morgan fingerprint density at radius 1 is 1.56 bits per heavy atom. The third-order valence-electron chi connectivity index (χ3n) is 1.80. The molecule has 0 saturated carbocycles. The number of aldehydes is 1. The van der Waals surface area contributed by atoms with E-state index in [0.717, 1.165) is 11.2 Å². The van der Waals surface area contributed by atoms with Crippen molar-refractivity contribution in [1.82, 2.24) is 4.98 Å². The van der Waals surface area contributed by atoms with Crippen LogP contribution in [0.25, 0.3) is 10.6 Å². The molecule has 0 bridgehead atoms. The summed E-state index contributed by atoms with van der Waals surface area (Å²) >= 11 is 2.69. The van der Waals surface area contributed by atoms with E-state index < -0.39 is 0 Å². The molecule has 0 aromatic carbocycles. The second-order valence-corrected chi connectivity index (χ2v) is 4.99. The maximum absolute atomic E-state index is 10.9. The molecule has 6 heteroatoms. The molecule has 2 heterocycles. The standard InChI is InChI=1S/C10H8N2O2S2/c1-6(14)11-10-12-9(8(5-13)16-10)7-3-2-4-15-7/h2-5H,1H3,(H,11,12,14). The van der Waals surface area contributed by atoms with Gasteiger partial charge in [-0.05, 0) is 11.4 Å². The quantitative estimate of drug-likeness (QED) is 0.854. The third kappa shape index (κ3) is 2.17. The van der Waals surface area contributed by atoms with E-state index in [9.17, 15) is 9.59 Å². The van der Waals surface area contributed by atoms with Gasteiger partial charge in [-0.25, -0.2) is 4.98 Å². The largest absolute Gasteiger partial charge is 0.302 e. The van der Waals surface area contributed by atoms with Crippen LogP contribution in [0.3, 0.4) is 0 Å². The molecule has 0 unspecified atom stereocenters. The van der Waals surface area contributed by atoms with Crippen molar-refractivity contribution in [3.05, 3.63) is 22.4 Å². The molecule has 16 heavy (non-hydrogen) atoms. The van der Waals surface area contributed by atoms with Crippen LogP contribution in [0.15, 0.2) is 17.5 Å². The lowest BCUT2D eigenvalue weighted by Gasteiger charge is -1.92. The van der Waals surface area contributed by atoms with E-state index in [1.807, 2.05) is 17.5 Å². The zero-order valence-corrected chi connectivity index (χ0v) is 10.0. The van der Waals surface area contributed by atoms with E-state index in [2.05, 4.69) is 10.3 Å². The van der Waals surface area contributed by atoms with Crippen molar-refractivity contribution in [3.8, 4) is 10.6 Å². The second kappa shape index (κ2) is 4.54. The summed E-state index contributed by atoms with van der Waals surface area (Å²) in [6.07, 6.45) is 0.762. The summed E-state index contributed by atoms with van der Waals surface area (Å²) in [4.78, 5) is 27.5. The van der Waals surface area contributed by atoms with Crippen molar-refractivity contribution >= 4 is 40.0 Å². The molecule has 0 aliphatic carbocycles. The molecule has 0 aliphatic heterocycles. The maximum Gasteiger partial charge on any atom is 0.223 e. The topological polar surface area (TPSA) is 59.1 Å². The van der Waals surface area contributed by atoms with Crippen molar-refractivity contribution in [2.75, 3.05) is 5.32 Å². The zero-order valence-electron chi connectivity index (χ0n) is 8.39. The summed E-state index contributed by atoms with van der Waals surface area (Å²) in [5.74, 6) is -0.191. The van der Waals surface area contributed by atoms with Gasteiger partial charge in [0.05, 0.1) is 9.75 Å². The van der Waals surface area contributed by atoms with E-state index in [0.29, 0.717) is 15.7 Å². The fraction of sp³-hybridized carbons (Fsp3) is 0.100. The van der Waals surface area contributed by atoms with Crippen LogP contribution in [0.5, 0.6) is 0 Å². The number of anilines is 1. The first-order valence-electron chi connectivity index (χ1n) is 4.48. The summed E-state index contributed by atoms with van der Waals surface area (Å²) in [5, 5.41) is 4.95. The van der Waals surface area contributed by atoms with Crippen LogP contribution in [0.2, 0.25) is 0 Å². The predicted octanol–water partition coefficient (Wildman–Crippen LogP) is 2.64. The van der Waals surface area contributed by atoms with Crippen LogP contribution in [0.4, 0.5) is 5.13 Å². The van der Waals surface area contributed by atoms with Gasteiger partial charge in [0.15, 0.2) is 11.4 Å². The lowest BCUT2D eigenvalue weighted by Crippen LogP contribution is -2.04. The Bertz CT molecular complexity index is 517. The summed E-state index contributed by atoms with van der Waals surface area (Å²) in [6.45, 7) is 1.41. The van der Waals surface area contributed by atoms with Gasteiger partial charge < -0.3 is 5.32 Å². The van der Waals surface area contributed by atoms with Gasteiger partial charge in [0.2, 0.25) is 5.91 Å². The van der Waals surface area contributed by atoms with Crippen LogP contribution in [-0.4, -0.2) is 17.2 Å². The van der Waals surface area contributed by atoms with Crippen LogP contribution in [-0.2, 0) is 4.79 Å². The molecule has 0 aliphatic rings. The molecular weight excluding hydrogens is 244 g/mol. The predicted molar refractivity (Wildman–Crippen MR) is 65.1 cm³/mol. The highest BCUT2D eigenvalue weighted by molar-refractivity contribution is 7.18. The summed E-state index contributed by atoms with van der Waals surface area (Å²) in [5.41, 5.74) is 0.638. The fourth-order valence-electron chi connectivity index (χ4n) is 1.21. The van der Waals surface area contributed by atoms with E-state index in [4.69, 9.17) is 0 Å². The summed E-state index contributed by atoms with van der Waals surface area (Å²) in [7, 11) is 0. The first kappa shape index (κ1) is 11.0. The highest BCUT2D eigenvalue weighted by Gasteiger charge is 2.13. The van der Waals surface area contributed by atoms with Gasteiger partial charge in [0, 0.05) is 6.92 Å². The molecule has 1 amide bonds. The number of carbonyl (C=O) groups excluding carboxylic acids is 2. The van der Waals surface area contributed by atoms with E-state index in [1.165, 1.54) is 29.6 Å². The van der Waals surface area contributed by atoms with Crippen molar-refractivity contribution in [2.45, 2.75) is 6.92 Å². The number of thiazole rings is 1. The number of carbonyl (C=O) groups is 2. The number of nitrogens with zero attached hydrogens (tertiary/aromatic N) is 1. The molecule has 0 radical (unpaired) electrons. The number of nitrogens with one attached hydrogen (secondary N) is 1. The van der Waals surface area contributed by atoms with Crippen molar-refractivity contribution in [2.24, 2.45) is 0 Å². The molecule has 1 N–H and O–H groups in total. The molecular formula is C10H8N2O2S2. The lowest BCUT2D eigenvalue weighted by atomic mass is 10.3. The van der Waals surface area contributed by atoms with Gasteiger partial charge in [0.1, 0.15) is 5.69 Å². The Kier molecular flexibility index (Phi) is 3.12. The van der Waals surface area contributed by atoms with Gasteiger partial charge in [0.25, 0.3) is 0 Å². The molecule has 0 fully saturated rings. The Morgan fingerprint density at radius 2 is 2.38 bits per heavy atom.